The highest BCUT2D eigenvalue weighted by Crippen LogP contribution is 2.25. The zero-order valence-corrected chi connectivity index (χ0v) is 10.6. The quantitative estimate of drug-likeness (QED) is 0.732. The predicted molar refractivity (Wildman–Crippen MR) is 66.2 cm³/mol. The van der Waals surface area contributed by atoms with Crippen molar-refractivity contribution in [3.63, 3.8) is 0 Å². The van der Waals surface area contributed by atoms with E-state index in [0.717, 1.165) is 25.1 Å². The summed E-state index contributed by atoms with van der Waals surface area (Å²) in [6.45, 7) is 8.13. The van der Waals surface area contributed by atoms with Gasteiger partial charge in [0.1, 0.15) is 0 Å². The zero-order valence-electron chi connectivity index (χ0n) is 9.79. The van der Waals surface area contributed by atoms with Crippen LogP contribution in [-0.4, -0.2) is 18.2 Å². The minimum absolute atomic E-state index is 0.663. The van der Waals surface area contributed by atoms with Crippen LogP contribution in [-0.2, 0) is 5.60 Å². The van der Waals surface area contributed by atoms with E-state index in [9.17, 15) is 5.11 Å². The van der Waals surface area contributed by atoms with Gasteiger partial charge in [-0.25, -0.2) is 0 Å². The molecule has 0 amide bonds. The molecule has 2 nitrogen and oxygen atoms in total. The zero-order chi connectivity index (χ0) is 11.3. The van der Waals surface area contributed by atoms with Crippen LogP contribution in [0.25, 0.3) is 0 Å². The summed E-state index contributed by atoms with van der Waals surface area (Å²) < 4.78 is 0. The number of nitrogens with one attached hydrogen (secondary N) is 1. The third kappa shape index (κ3) is 4.33. The second kappa shape index (κ2) is 5.64. The van der Waals surface area contributed by atoms with E-state index in [4.69, 9.17) is 0 Å². The average Bonchev–Trinajstić information content (AvgIpc) is 2.65. The average molecular weight is 227 g/mol. The standard InChI is InChI=1S/C12H21NOS/c1-10(2)8-13-6-5-12(3,14)11-4-7-15-9-11/h4,7,9-10,13-14H,5-6,8H2,1-3H3. The van der Waals surface area contributed by atoms with E-state index >= 15 is 0 Å². The summed E-state index contributed by atoms with van der Waals surface area (Å²) in [6, 6.07) is 1.99. The first-order valence-electron chi connectivity index (χ1n) is 5.48. The Kier molecular flexibility index (Phi) is 4.77. The van der Waals surface area contributed by atoms with E-state index in [0.29, 0.717) is 5.92 Å². The maximum absolute atomic E-state index is 10.2. The van der Waals surface area contributed by atoms with Gasteiger partial charge in [-0.05, 0) is 54.7 Å². The van der Waals surface area contributed by atoms with Gasteiger partial charge in [-0.3, -0.25) is 0 Å². The smallest absolute Gasteiger partial charge is 0.0888 e. The van der Waals surface area contributed by atoms with Crippen LogP contribution in [0.4, 0.5) is 0 Å². The molecule has 0 saturated carbocycles. The number of hydrogen-bond acceptors (Lipinski definition) is 3. The summed E-state index contributed by atoms with van der Waals surface area (Å²) in [7, 11) is 0. The molecule has 0 saturated heterocycles. The molecule has 86 valence electrons. The molecule has 0 bridgehead atoms. The van der Waals surface area contributed by atoms with Crippen LogP contribution >= 0.6 is 11.3 Å². The minimum Gasteiger partial charge on any atom is -0.385 e. The first-order valence-corrected chi connectivity index (χ1v) is 6.42. The van der Waals surface area contributed by atoms with Crippen molar-refractivity contribution in [1.82, 2.24) is 5.32 Å². The molecule has 0 aliphatic rings. The molecule has 0 radical (unpaired) electrons. The second-order valence-electron chi connectivity index (χ2n) is 4.63. The molecule has 1 rings (SSSR count). The Hall–Kier alpha value is -0.380. The third-order valence-corrected chi connectivity index (χ3v) is 3.17. The highest BCUT2D eigenvalue weighted by Gasteiger charge is 2.22. The van der Waals surface area contributed by atoms with E-state index in [1.165, 1.54) is 0 Å². The van der Waals surface area contributed by atoms with Gasteiger partial charge in [0.15, 0.2) is 0 Å². The monoisotopic (exact) mass is 227 g/mol. The molecular formula is C12H21NOS. The predicted octanol–water partition coefficient (Wildman–Crippen LogP) is 2.59. The normalized spacial score (nSPS) is 15.5. The van der Waals surface area contributed by atoms with Crippen molar-refractivity contribution in [3.05, 3.63) is 22.4 Å². The van der Waals surface area contributed by atoms with Crippen molar-refractivity contribution in [1.29, 1.82) is 0 Å². The van der Waals surface area contributed by atoms with Crippen molar-refractivity contribution < 1.29 is 5.11 Å². The van der Waals surface area contributed by atoms with E-state index in [1.54, 1.807) is 11.3 Å². The van der Waals surface area contributed by atoms with E-state index < -0.39 is 5.60 Å². The molecule has 1 unspecified atom stereocenters. The van der Waals surface area contributed by atoms with E-state index in [1.807, 2.05) is 23.8 Å². The van der Waals surface area contributed by atoms with Crippen LogP contribution in [0.15, 0.2) is 16.8 Å². The molecule has 3 heteroatoms. The fourth-order valence-electron chi connectivity index (χ4n) is 1.44. The van der Waals surface area contributed by atoms with Gasteiger partial charge >= 0.3 is 0 Å². The molecule has 1 aromatic heterocycles. The van der Waals surface area contributed by atoms with Crippen molar-refractivity contribution in [3.8, 4) is 0 Å². The largest absolute Gasteiger partial charge is 0.385 e. The highest BCUT2D eigenvalue weighted by molar-refractivity contribution is 7.08. The Labute approximate surface area is 96.3 Å². The molecule has 2 N–H and O–H groups in total. The van der Waals surface area contributed by atoms with Gasteiger partial charge < -0.3 is 10.4 Å². The topological polar surface area (TPSA) is 32.3 Å². The van der Waals surface area contributed by atoms with Crippen molar-refractivity contribution in [2.24, 2.45) is 5.92 Å². The molecule has 1 atom stereocenters. The molecule has 0 aliphatic carbocycles. The lowest BCUT2D eigenvalue weighted by Crippen LogP contribution is -2.29. The van der Waals surface area contributed by atoms with E-state index in [2.05, 4.69) is 19.2 Å². The van der Waals surface area contributed by atoms with Gasteiger partial charge in [0.2, 0.25) is 0 Å². The maximum atomic E-state index is 10.2. The summed E-state index contributed by atoms with van der Waals surface area (Å²) in [5, 5.41) is 17.6. The fraction of sp³-hybridized carbons (Fsp3) is 0.667. The van der Waals surface area contributed by atoms with Gasteiger partial charge in [-0.1, -0.05) is 13.8 Å². The van der Waals surface area contributed by atoms with Crippen LogP contribution in [0, 0.1) is 5.92 Å². The minimum atomic E-state index is -0.690. The van der Waals surface area contributed by atoms with Crippen molar-refractivity contribution >= 4 is 11.3 Å². The molecule has 15 heavy (non-hydrogen) atoms. The molecule has 1 aromatic rings. The summed E-state index contributed by atoms with van der Waals surface area (Å²) in [5.74, 6) is 0.663. The van der Waals surface area contributed by atoms with Crippen LogP contribution in [0.1, 0.15) is 32.8 Å². The summed E-state index contributed by atoms with van der Waals surface area (Å²) in [6.07, 6.45) is 0.760. The molecule has 0 aliphatic heterocycles. The van der Waals surface area contributed by atoms with Gasteiger partial charge in [0.05, 0.1) is 5.60 Å². The van der Waals surface area contributed by atoms with Gasteiger partial charge in [-0.15, -0.1) is 0 Å². The summed E-state index contributed by atoms with van der Waals surface area (Å²) in [4.78, 5) is 0. The Bertz CT molecular complexity index is 267. The van der Waals surface area contributed by atoms with Crippen LogP contribution in [0.2, 0.25) is 0 Å². The third-order valence-electron chi connectivity index (χ3n) is 2.48. The molecular weight excluding hydrogens is 206 g/mol. The lowest BCUT2D eigenvalue weighted by Gasteiger charge is -2.22. The Morgan fingerprint density at radius 2 is 2.27 bits per heavy atom. The molecule has 0 spiro atoms. The van der Waals surface area contributed by atoms with Gasteiger partial charge in [0.25, 0.3) is 0 Å². The highest BCUT2D eigenvalue weighted by atomic mass is 32.1. The number of rotatable bonds is 6. The van der Waals surface area contributed by atoms with Crippen LogP contribution in [0.5, 0.6) is 0 Å². The lowest BCUT2D eigenvalue weighted by molar-refractivity contribution is 0.0483. The van der Waals surface area contributed by atoms with Crippen molar-refractivity contribution in [2.75, 3.05) is 13.1 Å². The summed E-state index contributed by atoms with van der Waals surface area (Å²) in [5.41, 5.74) is 0.336. The summed E-state index contributed by atoms with van der Waals surface area (Å²) >= 11 is 1.63. The van der Waals surface area contributed by atoms with Gasteiger partial charge in [-0.2, -0.15) is 11.3 Å². The van der Waals surface area contributed by atoms with Crippen LogP contribution < -0.4 is 5.32 Å². The number of hydrogen-bond donors (Lipinski definition) is 2. The Morgan fingerprint density at radius 3 is 2.80 bits per heavy atom. The lowest BCUT2D eigenvalue weighted by atomic mass is 9.95. The SMILES string of the molecule is CC(C)CNCCC(C)(O)c1ccsc1. The first-order chi connectivity index (χ1) is 7.02. The fourth-order valence-corrected chi connectivity index (χ4v) is 2.22. The van der Waals surface area contributed by atoms with E-state index in [-0.39, 0.29) is 0 Å². The second-order valence-corrected chi connectivity index (χ2v) is 5.41. The first kappa shape index (κ1) is 12.7. The molecule has 0 fully saturated rings. The number of thiophene rings is 1. The maximum Gasteiger partial charge on any atom is 0.0888 e. The molecule has 1 heterocycles. The molecule has 0 aromatic carbocycles. The number of aliphatic hydroxyl groups is 1. The Balaban J connectivity index is 2.31. The van der Waals surface area contributed by atoms with Crippen LogP contribution in [0.3, 0.4) is 0 Å². The Morgan fingerprint density at radius 1 is 1.53 bits per heavy atom. The van der Waals surface area contributed by atoms with Gasteiger partial charge in [0, 0.05) is 0 Å². The van der Waals surface area contributed by atoms with Crippen molar-refractivity contribution in [2.45, 2.75) is 32.8 Å².